The van der Waals surface area contributed by atoms with Crippen LogP contribution in [0.1, 0.15) is 0 Å². The van der Waals surface area contributed by atoms with Gasteiger partial charge in [-0.1, -0.05) is 24.3 Å². The number of hydrogen-bond donors (Lipinski definition) is 0. The summed E-state index contributed by atoms with van der Waals surface area (Å²) < 4.78 is 0. The lowest BCUT2D eigenvalue weighted by atomic mass is 10.0. The molecule has 6 nitrogen and oxygen atoms in total. The van der Waals surface area contributed by atoms with E-state index in [4.69, 9.17) is 0 Å². The molecule has 2 rings (SSSR count). The maximum atomic E-state index is 10.7. The average molecular weight is 372 g/mol. The summed E-state index contributed by atoms with van der Waals surface area (Å²) >= 11 is 0. The molecular formula is C12H9IN2O4. The van der Waals surface area contributed by atoms with Crippen LogP contribution in [0, 0.1) is 20.2 Å². The van der Waals surface area contributed by atoms with Crippen LogP contribution >= 0.6 is 24.0 Å². The molecule has 19 heavy (non-hydrogen) atoms. The van der Waals surface area contributed by atoms with E-state index in [1.165, 1.54) is 24.3 Å². The Kier molecular flexibility index (Phi) is 4.93. The molecule has 0 radical (unpaired) electrons. The van der Waals surface area contributed by atoms with Crippen molar-refractivity contribution in [3.8, 4) is 11.1 Å². The predicted molar refractivity (Wildman–Crippen MR) is 80.6 cm³/mol. The van der Waals surface area contributed by atoms with Crippen LogP contribution in [0.4, 0.5) is 11.4 Å². The molecule has 0 heterocycles. The number of hydrogen-bond acceptors (Lipinski definition) is 4. The van der Waals surface area contributed by atoms with Gasteiger partial charge >= 0.3 is 0 Å². The van der Waals surface area contributed by atoms with E-state index in [9.17, 15) is 20.2 Å². The first-order valence-electron chi connectivity index (χ1n) is 5.07. The number of nitrogens with zero attached hydrogens (tertiary/aromatic N) is 2. The van der Waals surface area contributed by atoms with Gasteiger partial charge in [0.1, 0.15) is 0 Å². The highest BCUT2D eigenvalue weighted by Crippen LogP contribution is 2.26. The van der Waals surface area contributed by atoms with Crippen LogP contribution in [-0.4, -0.2) is 9.85 Å². The van der Waals surface area contributed by atoms with E-state index < -0.39 is 9.85 Å². The average Bonchev–Trinajstić information content (AvgIpc) is 2.39. The van der Waals surface area contributed by atoms with Crippen molar-refractivity contribution in [1.82, 2.24) is 0 Å². The van der Waals surface area contributed by atoms with Crippen LogP contribution in [0.5, 0.6) is 0 Å². The molecule has 0 aliphatic heterocycles. The van der Waals surface area contributed by atoms with Gasteiger partial charge in [0, 0.05) is 24.3 Å². The SMILES string of the molecule is I.O=[N+]([O-])c1cccc(-c2cccc([N+](=O)[O-])c2)c1. The predicted octanol–water partition coefficient (Wildman–Crippen LogP) is 3.79. The van der Waals surface area contributed by atoms with Crippen molar-refractivity contribution in [1.29, 1.82) is 0 Å². The summed E-state index contributed by atoms with van der Waals surface area (Å²) in [6.07, 6.45) is 0. The second kappa shape index (κ2) is 6.23. The molecule has 0 atom stereocenters. The minimum Gasteiger partial charge on any atom is -0.258 e. The van der Waals surface area contributed by atoms with Crippen molar-refractivity contribution in [2.24, 2.45) is 0 Å². The Morgan fingerprint density at radius 2 is 1.11 bits per heavy atom. The lowest BCUT2D eigenvalue weighted by Crippen LogP contribution is -1.90. The molecular weight excluding hydrogens is 363 g/mol. The molecule has 0 aromatic heterocycles. The topological polar surface area (TPSA) is 86.3 Å². The van der Waals surface area contributed by atoms with Crippen LogP contribution in [0.2, 0.25) is 0 Å². The summed E-state index contributed by atoms with van der Waals surface area (Å²) in [5.74, 6) is 0. The summed E-state index contributed by atoms with van der Waals surface area (Å²) in [5.41, 5.74) is 1.07. The molecule has 0 unspecified atom stereocenters. The van der Waals surface area contributed by atoms with Crippen LogP contribution in [-0.2, 0) is 0 Å². The van der Waals surface area contributed by atoms with E-state index in [2.05, 4.69) is 0 Å². The Morgan fingerprint density at radius 3 is 1.42 bits per heavy atom. The number of halogens is 1. The number of non-ortho nitro benzene ring substituents is 2. The van der Waals surface area contributed by atoms with Crippen LogP contribution in [0.25, 0.3) is 11.1 Å². The Hall–Kier alpha value is -2.03. The summed E-state index contributed by atoms with van der Waals surface area (Å²) in [6.45, 7) is 0. The lowest BCUT2D eigenvalue weighted by Gasteiger charge is -2.01. The van der Waals surface area contributed by atoms with Crippen molar-refractivity contribution < 1.29 is 9.85 Å². The molecule has 0 aliphatic rings. The largest absolute Gasteiger partial charge is 0.270 e. The van der Waals surface area contributed by atoms with Crippen molar-refractivity contribution >= 4 is 35.4 Å². The molecule has 0 saturated carbocycles. The van der Waals surface area contributed by atoms with Gasteiger partial charge in [0.25, 0.3) is 11.4 Å². The molecule has 0 fully saturated rings. The van der Waals surface area contributed by atoms with Gasteiger partial charge in [-0.3, -0.25) is 20.2 Å². The van der Waals surface area contributed by atoms with E-state index in [0.717, 1.165) is 0 Å². The monoisotopic (exact) mass is 372 g/mol. The smallest absolute Gasteiger partial charge is 0.258 e. The van der Waals surface area contributed by atoms with Crippen molar-refractivity contribution in [2.45, 2.75) is 0 Å². The standard InChI is InChI=1S/C12H8N2O4.HI/c15-13(16)11-5-1-3-9(7-11)10-4-2-6-12(8-10)14(17)18;/h1-8H;1H. The zero-order valence-corrected chi connectivity index (χ0v) is 11.9. The molecule has 0 bridgehead atoms. The van der Waals surface area contributed by atoms with Crippen LogP contribution in [0.3, 0.4) is 0 Å². The molecule has 0 spiro atoms. The fraction of sp³-hybridized carbons (Fsp3) is 0. The summed E-state index contributed by atoms with van der Waals surface area (Å²) in [6, 6.07) is 12.0. The van der Waals surface area contributed by atoms with Crippen molar-refractivity contribution in [2.75, 3.05) is 0 Å². The zero-order valence-electron chi connectivity index (χ0n) is 9.55. The van der Waals surface area contributed by atoms with Gasteiger partial charge in [-0.05, 0) is 11.1 Å². The van der Waals surface area contributed by atoms with E-state index in [1.54, 1.807) is 24.3 Å². The van der Waals surface area contributed by atoms with E-state index in [-0.39, 0.29) is 35.4 Å². The Labute approximate surface area is 125 Å². The molecule has 0 amide bonds. The van der Waals surface area contributed by atoms with Gasteiger partial charge in [0.05, 0.1) is 9.85 Å². The second-order valence-corrected chi connectivity index (χ2v) is 3.61. The molecule has 0 saturated heterocycles. The Balaban J connectivity index is 0.00000180. The van der Waals surface area contributed by atoms with Gasteiger partial charge in [0.15, 0.2) is 0 Å². The highest BCUT2D eigenvalue weighted by atomic mass is 127. The first-order valence-corrected chi connectivity index (χ1v) is 5.07. The maximum absolute atomic E-state index is 10.7. The Bertz CT molecular complexity index is 575. The van der Waals surface area contributed by atoms with Crippen molar-refractivity contribution in [3.05, 3.63) is 68.8 Å². The fourth-order valence-corrected chi connectivity index (χ4v) is 1.60. The Morgan fingerprint density at radius 1 is 0.737 bits per heavy atom. The fourth-order valence-electron chi connectivity index (χ4n) is 1.60. The molecule has 7 heteroatoms. The molecule has 2 aromatic carbocycles. The number of nitro groups is 2. The first-order chi connectivity index (χ1) is 8.58. The molecule has 98 valence electrons. The quantitative estimate of drug-likeness (QED) is 0.466. The third-order valence-electron chi connectivity index (χ3n) is 2.45. The van der Waals surface area contributed by atoms with Crippen LogP contribution < -0.4 is 0 Å². The lowest BCUT2D eigenvalue weighted by molar-refractivity contribution is -0.385. The third kappa shape index (κ3) is 3.47. The van der Waals surface area contributed by atoms with Gasteiger partial charge in [-0.2, -0.15) is 0 Å². The highest BCUT2D eigenvalue weighted by Gasteiger charge is 2.10. The second-order valence-electron chi connectivity index (χ2n) is 3.61. The highest BCUT2D eigenvalue weighted by molar-refractivity contribution is 14.0. The van der Waals surface area contributed by atoms with Gasteiger partial charge in [-0.25, -0.2) is 0 Å². The molecule has 0 aliphatic carbocycles. The van der Waals surface area contributed by atoms with Gasteiger partial charge in [-0.15, -0.1) is 24.0 Å². The summed E-state index contributed by atoms with van der Waals surface area (Å²) in [5, 5.41) is 21.3. The van der Waals surface area contributed by atoms with E-state index in [0.29, 0.717) is 11.1 Å². The minimum absolute atomic E-state index is 0. The zero-order chi connectivity index (χ0) is 13.1. The van der Waals surface area contributed by atoms with E-state index >= 15 is 0 Å². The maximum Gasteiger partial charge on any atom is 0.270 e. The van der Waals surface area contributed by atoms with Crippen LogP contribution in [0.15, 0.2) is 48.5 Å². The number of benzene rings is 2. The van der Waals surface area contributed by atoms with Gasteiger partial charge < -0.3 is 0 Å². The minimum atomic E-state index is -0.499. The first kappa shape index (κ1) is 15.0. The normalized spacial score (nSPS) is 9.47. The number of nitro benzene ring substituents is 2. The van der Waals surface area contributed by atoms with E-state index in [1.807, 2.05) is 0 Å². The molecule has 2 aromatic rings. The van der Waals surface area contributed by atoms with Gasteiger partial charge in [0.2, 0.25) is 0 Å². The summed E-state index contributed by atoms with van der Waals surface area (Å²) in [7, 11) is 0. The molecule has 0 N–H and O–H groups in total. The number of rotatable bonds is 3. The van der Waals surface area contributed by atoms with Crippen molar-refractivity contribution in [3.63, 3.8) is 0 Å². The third-order valence-corrected chi connectivity index (χ3v) is 2.45. The summed E-state index contributed by atoms with van der Waals surface area (Å²) in [4.78, 5) is 20.3.